The summed E-state index contributed by atoms with van der Waals surface area (Å²) in [5, 5.41) is 6.51. The third kappa shape index (κ3) is 4.13. The SMILES string of the molecule is CCNCCNC(=O)CCn1cnc2ccccc2c1=O. The van der Waals surface area contributed by atoms with Gasteiger partial charge in [-0.3, -0.25) is 14.2 Å². The molecule has 0 saturated heterocycles. The van der Waals surface area contributed by atoms with E-state index in [2.05, 4.69) is 15.6 Å². The van der Waals surface area contributed by atoms with Crippen molar-refractivity contribution in [3.05, 3.63) is 40.9 Å². The molecule has 1 aromatic carbocycles. The molecular weight excluding hydrogens is 268 g/mol. The molecule has 0 aliphatic heterocycles. The highest BCUT2D eigenvalue weighted by atomic mass is 16.1. The summed E-state index contributed by atoms with van der Waals surface area (Å²) in [5.41, 5.74) is 0.565. The number of aryl methyl sites for hydroxylation is 1. The summed E-state index contributed by atoms with van der Waals surface area (Å²) < 4.78 is 1.48. The number of carbonyl (C=O) groups is 1. The summed E-state index contributed by atoms with van der Waals surface area (Å²) in [7, 11) is 0. The predicted octanol–water partition coefficient (Wildman–Crippen LogP) is 0.512. The molecule has 2 rings (SSSR count). The topological polar surface area (TPSA) is 76.0 Å². The van der Waals surface area contributed by atoms with Crippen LogP contribution in [0.25, 0.3) is 10.9 Å². The maximum atomic E-state index is 12.2. The second-order valence-electron chi connectivity index (χ2n) is 4.71. The van der Waals surface area contributed by atoms with Gasteiger partial charge in [0.05, 0.1) is 17.2 Å². The molecule has 0 fully saturated rings. The Morgan fingerprint density at radius 2 is 2.10 bits per heavy atom. The number of likely N-dealkylation sites (N-methyl/N-ethyl adjacent to an activating group) is 1. The monoisotopic (exact) mass is 288 g/mol. The van der Waals surface area contributed by atoms with Crippen LogP contribution < -0.4 is 16.2 Å². The Labute approximate surface area is 123 Å². The van der Waals surface area contributed by atoms with Gasteiger partial charge in [0.1, 0.15) is 0 Å². The van der Waals surface area contributed by atoms with E-state index < -0.39 is 0 Å². The lowest BCUT2D eigenvalue weighted by atomic mass is 10.2. The summed E-state index contributed by atoms with van der Waals surface area (Å²) in [5.74, 6) is -0.0621. The highest BCUT2D eigenvalue weighted by molar-refractivity contribution is 5.77. The molecular formula is C15H20N4O2. The van der Waals surface area contributed by atoms with Gasteiger partial charge in [0.15, 0.2) is 0 Å². The Hall–Kier alpha value is -2.21. The van der Waals surface area contributed by atoms with Crippen molar-refractivity contribution in [3.63, 3.8) is 0 Å². The number of rotatable bonds is 7. The molecule has 112 valence electrons. The molecule has 21 heavy (non-hydrogen) atoms. The Balaban J connectivity index is 1.93. The fourth-order valence-electron chi connectivity index (χ4n) is 2.04. The maximum absolute atomic E-state index is 12.2. The molecule has 1 heterocycles. The lowest BCUT2D eigenvalue weighted by molar-refractivity contribution is -0.121. The van der Waals surface area contributed by atoms with Crippen molar-refractivity contribution in [2.24, 2.45) is 0 Å². The van der Waals surface area contributed by atoms with Gasteiger partial charge < -0.3 is 10.6 Å². The number of hydrogen-bond acceptors (Lipinski definition) is 4. The number of nitrogens with one attached hydrogen (secondary N) is 2. The Morgan fingerprint density at radius 1 is 1.29 bits per heavy atom. The van der Waals surface area contributed by atoms with Gasteiger partial charge >= 0.3 is 0 Å². The van der Waals surface area contributed by atoms with Crippen molar-refractivity contribution in [3.8, 4) is 0 Å². The zero-order valence-corrected chi connectivity index (χ0v) is 12.1. The summed E-state index contributed by atoms with van der Waals surface area (Å²) in [4.78, 5) is 28.1. The molecule has 6 nitrogen and oxygen atoms in total. The average molecular weight is 288 g/mol. The van der Waals surface area contributed by atoms with Crippen LogP contribution in [0.2, 0.25) is 0 Å². The molecule has 0 atom stereocenters. The van der Waals surface area contributed by atoms with Crippen LogP contribution >= 0.6 is 0 Å². The molecule has 2 aromatic rings. The summed E-state index contributed by atoms with van der Waals surface area (Å²) >= 11 is 0. The van der Waals surface area contributed by atoms with Gasteiger partial charge in [0, 0.05) is 26.1 Å². The van der Waals surface area contributed by atoms with Crippen LogP contribution in [-0.4, -0.2) is 35.1 Å². The second-order valence-corrected chi connectivity index (χ2v) is 4.71. The van der Waals surface area contributed by atoms with Crippen LogP contribution in [0.3, 0.4) is 0 Å². The first-order valence-electron chi connectivity index (χ1n) is 7.14. The number of para-hydroxylation sites is 1. The molecule has 0 saturated carbocycles. The van der Waals surface area contributed by atoms with Crippen LogP contribution in [-0.2, 0) is 11.3 Å². The maximum Gasteiger partial charge on any atom is 0.261 e. The lowest BCUT2D eigenvalue weighted by Crippen LogP contribution is -2.33. The molecule has 0 radical (unpaired) electrons. The third-order valence-electron chi connectivity index (χ3n) is 3.19. The number of aromatic nitrogens is 2. The normalized spacial score (nSPS) is 10.7. The Morgan fingerprint density at radius 3 is 2.90 bits per heavy atom. The van der Waals surface area contributed by atoms with Gasteiger partial charge in [-0.25, -0.2) is 4.98 Å². The second kappa shape index (κ2) is 7.54. The number of hydrogen-bond donors (Lipinski definition) is 2. The number of fused-ring (bicyclic) bond motifs is 1. The minimum Gasteiger partial charge on any atom is -0.355 e. The quantitative estimate of drug-likeness (QED) is 0.728. The standard InChI is InChI=1S/C15H20N4O2/c1-2-16-8-9-17-14(20)7-10-19-11-18-13-6-4-3-5-12(13)15(19)21/h3-6,11,16H,2,7-10H2,1H3,(H,17,20). The van der Waals surface area contributed by atoms with E-state index >= 15 is 0 Å². The predicted molar refractivity (Wildman–Crippen MR) is 82.2 cm³/mol. The highest BCUT2D eigenvalue weighted by Crippen LogP contribution is 2.04. The van der Waals surface area contributed by atoms with Gasteiger partial charge in [-0.1, -0.05) is 19.1 Å². The number of benzene rings is 1. The zero-order chi connectivity index (χ0) is 15.1. The van der Waals surface area contributed by atoms with Crippen LogP contribution in [0.1, 0.15) is 13.3 Å². The molecule has 0 aliphatic carbocycles. The fourth-order valence-corrected chi connectivity index (χ4v) is 2.04. The lowest BCUT2D eigenvalue weighted by Gasteiger charge is -2.08. The van der Waals surface area contributed by atoms with Crippen molar-refractivity contribution < 1.29 is 4.79 Å². The van der Waals surface area contributed by atoms with E-state index in [1.807, 2.05) is 19.1 Å². The van der Waals surface area contributed by atoms with Crippen molar-refractivity contribution in [2.45, 2.75) is 19.9 Å². The Bertz CT molecular complexity index is 666. The van der Waals surface area contributed by atoms with Crippen LogP contribution in [0.5, 0.6) is 0 Å². The molecule has 2 N–H and O–H groups in total. The van der Waals surface area contributed by atoms with E-state index in [4.69, 9.17) is 0 Å². The molecule has 0 spiro atoms. The van der Waals surface area contributed by atoms with E-state index in [1.165, 1.54) is 10.9 Å². The van der Waals surface area contributed by atoms with Crippen molar-refractivity contribution >= 4 is 16.8 Å². The van der Waals surface area contributed by atoms with E-state index in [0.717, 1.165) is 13.1 Å². The molecule has 1 amide bonds. The first-order valence-corrected chi connectivity index (χ1v) is 7.14. The van der Waals surface area contributed by atoms with Crippen molar-refractivity contribution in [2.75, 3.05) is 19.6 Å². The smallest absolute Gasteiger partial charge is 0.261 e. The Kier molecular flexibility index (Phi) is 5.45. The molecule has 0 aliphatic rings. The van der Waals surface area contributed by atoms with Gasteiger partial charge in [-0.05, 0) is 18.7 Å². The van der Waals surface area contributed by atoms with Crippen LogP contribution in [0, 0.1) is 0 Å². The first kappa shape index (κ1) is 15.2. The van der Waals surface area contributed by atoms with E-state index in [1.54, 1.807) is 12.1 Å². The van der Waals surface area contributed by atoms with E-state index in [0.29, 0.717) is 24.0 Å². The minimum atomic E-state index is -0.110. The van der Waals surface area contributed by atoms with Crippen LogP contribution in [0.4, 0.5) is 0 Å². The number of nitrogens with zero attached hydrogens (tertiary/aromatic N) is 2. The number of carbonyl (C=O) groups excluding carboxylic acids is 1. The van der Waals surface area contributed by atoms with Crippen molar-refractivity contribution in [1.29, 1.82) is 0 Å². The van der Waals surface area contributed by atoms with Gasteiger partial charge in [-0.15, -0.1) is 0 Å². The third-order valence-corrected chi connectivity index (χ3v) is 3.19. The van der Waals surface area contributed by atoms with Crippen molar-refractivity contribution in [1.82, 2.24) is 20.2 Å². The molecule has 0 bridgehead atoms. The summed E-state index contributed by atoms with van der Waals surface area (Å²) in [6, 6.07) is 7.20. The summed E-state index contributed by atoms with van der Waals surface area (Å²) in [6.07, 6.45) is 1.77. The van der Waals surface area contributed by atoms with E-state index in [-0.39, 0.29) is 17.9 Å². The summed E-state index contributed by atoms with van der Waals surface area (Å²) in [6.45, 7) is 4.58. The molecule has 1 aromatic heterocycles. The molecule has 6 heteroatoms. The fraction of sp³-hybridized carbons (Fsp3) is 0.400. The van der Waals surface area contributed by atoms with E-state index in [9.17, 15) is 9.59 Å². The molecule has 0 unspecified atom stereocenters. The van der Waals surface area contributed by atoms with Gasteiger partial charge in [0.2, 0.25) is 5.91 Å². The van der Waals surface area contributed by atoms with Gasteiger partial charge in [-0.2, -0.15) is 0 Å². The average Bonchev–Trinajstić information content (AvgIpc) is 2.51. The highest BCUT2D eigenvalue weighted by Gasteiger charge is 2.05. The largest absolute Gasteiger partial charge is 0.355 e. The number of amides is 1. The zero-order valence-electron chi connectivity index (χ0n) is 12.1. The van der Waals surface area contributed by atoms with Crippen LogP contribution in [0.15, 0.2) is 35.4 Å². The van der Waals surface area contributed by atoms with Gasteiger partial charge in [0.25, 0.3) is 5.56 Å². The minimum absolute atomic E-state index is 0.0621. The first-order chi connectivity index (χ1) is 10.2.